The molecule has 0 radical (unpaired) electrons. The topological polar surface area (TPSA) is 122 Å². The van der Waals surface area contributed by atoms with E-state index in [0.29, 0.717) is 23.0 Å². The van der Waals surface area contributed by atoms with Crippen LogP contribution >= 0.6 is 0 Å². The standard InChI is InChI=1S/C25H26N8O2/c1-17(16-34)33-24(29-30-31-33)21-8-5-9-23(27-21)28-25(35)22-12-20-15-32(11-10-19(20)13-26-22)14-18-6-3-2-4-7-18/h2-9,12-13,17,34H,10-11,14-16H2,1H3,(H,27,28,35)/t17-/m1/s1. The van der Waals surface area contributed by atoms with Crippen molar-refractivity contribution in [2.24, 2.45) is 0 Å². The lowest BCUT2D eigenvalue weighted by atomic mass is 10.0. The van der Waals surface area contributed by atoms with Gasteiger partial charge in [0, 0.05) is 25.8 Å². The highest BCUT2D eigenvalue weighted by Crippen LogP contribution is 2.22. The van der Waals surface area contributed by atoms with E-state index in [-0.39, 0.29) is 18.6 Å². The van der Waals surface area contributed by atoms with Gasteiger partial charge in [0.15, 0.2) is 0 Å². The number of aliphatic hydroxyl groups excluding tert-OH is 1. The van der Waals surface area contributed by atoms with E-state index < -0.39 is 0 Å². The van der Waals surface area contributed by atoms with Crippen molar-refractivity contribution in [3.8, 4) is 11.5 Å². The molecule has 0 aliphatic carbocycles. The minimum atomic E-state index is -0.332. The number of fused-ring (bicyclic) bond motifs is 1. The predicted octanol–water partition coefficient (Wildman–Crippen LogP) is 2.49. The third kappa shape index (κ3) is 5.08. The minimum absolute atomic E-state index is 0.110. The summed E-state index contributed by atoms with van der Waals surface area (Å²) < 4.78 is 1.50. The number of hydrogen-bond acceptors (Lipinski definition) is 8. The Labute approximate surface area is 202 Å². The Morgan fingerprint density at radius 1 is 1.14 bits per heavy atom. The van der Waals surface area contributed by atoms with Crippen molar-refractivity contribution in [3.63, 3.8) is 0 Å². The van der Waals surface area contributed by atoms with E-state index in [1.54, 1.807) is 31.3 Å². The average molecular weight is 471 g/mol. The van der Waals surface area contributed by atoms with Gasteiger partial charge < -0.3 is 10.4 Å². The summed E-state index contributed by atoms with van der Waals surface area (Å²) in [5.41, 5.74) is 4.40. The van der Waals surface area contributed by atoms with Crippen molar-refractivity contribution < 1.29 is 9.90 Å². The second-order valence-corrected chi connectivity index (χ2v) is 8.63. The number of anilines is 1. The number of amides is 1. The molecule has 1 amide bonds. The SMILES string of the molecule is C[C@H](CO)n1nnnc1-c1cccc(NC(=O)c2cc3c(cn2)CCN(Cc2ccccc2)C3)n1. The van der Waals surface area contributed by atoms with Gasteiger partial charge in [-0.25, -0.2) is 9.67 Å². The van der Waals surface area contributed by atoms with E-state index in [1.807, 2.05) is 12.1 Å². The Morgan fingerprint density at radius 2 is 2.00 bits per heavy atom. The molecule has 1 aromatic carbocycles. The molecule has 0 spiro atoms. The number of hydrogen-bond donors (Lipinski definition) is 2. The van der Waals surface area contributed by atoms with Crippen LogP contribution in [0.15, 0.2) is 60.8 Å². The molecule has 1 aliphatic rings. The number of nitrogens with one attached hydrogen (secondary N) is 1. The van der Waals surface area contributed by atoms with Gasteiger partial charge in [-0.3, -0.25) is 14.7 Å². The molecule has 3 aromatic heterocycles. The third-order valence-electron chi connectivity index (χ3n) is 6.05. The van der Waals surface area contributed by atoms with E-state index in [4.69, 9.17) is 0 Å². The number of rotatable bonds is 7. The lowest BCUT2D eigenvalue weighted by Crippen LogP contribution is -2.30. The second kappa shape index (κ2) is 10.1. The van der Waals surface area contributed by atoms with Crippen LogP contribution in [-0.4, -0.2) is 59.2 Å². The molecular weight excluding hydrogens is 444 g/mol. The van der Waals surface area contributed by atoms with Gasteiger partial charge in [-0.2, -0.15) is 0 Å². The first-order valence-corrected chi connectivity index (χ1v) is 11.5. The fraction of sp³-hybridized carbons (Fsp3) is 0.280. The van der Waals surface area contributed by atoms with Crippen LogP contribution in [0.5, 0.6) is 0 Å². The summed E-state index contributed by atoms with van der Waals surface area (Å²) in [7, 11) is 0. The molecule has 0 saturated carbocycles. The number of tetrazole rings is 1. The summed E-state index contributed by atoms with van der Waals surface area (Å²) in [4.78, 5) is 24.2. The van der Waals surface area contributed by atoms with Gasteiger partial charge in [0.25, 0.3) is 5.91 Å². The number of nitrogens with zero attached hydrogens (tertiary/aromatic N) is 7. The van der Waals surface area contributed by atoms with Crippen LogP contribution in [0.2, 0.25) is 0 Å². The number of pyridine rings is 2. The quantitative estimate of drug-likeness (QED) is 0.423. The number of aromatic nitrogens is 6. The highest BCUT2D eigenvalue weighted by molar-refractivity contribution is 6.02. The number of benzene rings is 1. The van der Waals surface area contributed by atoms with Crippen LogP contribution in [0.3, 0.4) is 0 Å². The van der Waals surface area contributed by atoms with E-state index >= 15 is 0 Å². The van der Waals surface area contributed by atoms with E-state index in [1.165, 1.54) is 15.8 Å². The van der Waals surface area contributed by atoms with Crippen LogP contribution in [0.4, 0.5) is 5.82 Å². The fourth-order valence-corrected chi connectivity index (χ4v) is 4.14. The van der Waals surface area contributed by atoms with Crippen LogP contribution in [0.25, 0.3) is 11.5 Å². The first-order chi connectivity index (χ1) is 17.1. The van der Waals surface area contributed by atoms with Gasteiger partial charge in [0.05, 0.1) is 12.6 Å². The molecule has 1 aliphatic heterocycles. The molecule has 0 fully saturated rings. The van der Waals surface area contributed by atoms with Gasteiger partial charge in [-0.15, -0.1) is 5.10 Å². The van der Waals surface area contributed by atoms with Crippen molar-refractivity contribution >= 4 is 11.7 Å². The van der Waals surface area contributed by atoms with Crippen molar-refractivity contribution in [2.45, 2.75) is 32.5 Å². The molecule has 2 N–H and O–H groups in total. The Bertz CT molecular complexity index is 1320. The van der Waals surface area contributed by atoms with Crippen molar-refractivity contribution in [1.82, 2.24) is 35.1 Å². The smallest absolute Gasteiger partial charge is 0.275 e. The van der Waals surface area contributed by atoms with E-state index in [2.05, 4.69) is 60.0 Å². The molecule has 0 unspecified atom stereocenters. The van der Waals surface area contributed by atoms with Crippen molar-refractivity contribution in [2.75, 3.05) is 18.5 Å². The lowest BCUT2D eigenvalue weighted by molar-refractivity contribution is 0.102. The van der Waals surface area contributed by atoms with Crippen LogP contribution < -0.4 is 5.32 Å². The van der Waals surface area contributed by atoms with Crippen LogP contribution in [0.1, 0.15) is 40.1 Å². The van der Waals surface area contributed by atoms with E-state index in [9.17, 15) is 9.90 Å². The van der Waals surface area contributed by atoms with Crippen LogP contribution in [0, 0.1) is 0 Å². The zero-order valence-electron chi connectivity index (χ0n) is 19.4. The highest BCUT2D eigenvalue weighted by Gasteiger charge is 2.20. The number of carbonyl (C=O) groups excluding carboxylic acids is 1. The lowest BCUT2D eigenvalue weighted by Gasteiger charge is -2.28. The Morgan fingerprint density at radius 3 is 2.83 bits per heavy atom. The Balaban J connectivity index is 1.30. The first-order valence-electron chi connectivity index (χ1n) is 11.5. The molecule has 4 aromatic rings. The Kier molecular flexibility index (Phi) is 6.55. The van der Waals surface area contributed by atoms with Gasteiger partial charge in [-0.05, 0) is 58.7 Å². The summed E-state index contributed by atoms with van der Waals surface area (Å²) in [5.74, 6) is 0.443. The van der Waals surface area contributed by atoms with Crippen molar-refractivity contribution in [1.29, 1.82) is 0 Å². The van der Waals surface area contributed by atoms with Gasteiger partial charge in [-0.1, -0.05) is 36.4 Å². The molecule has 0 bridgehead atoms. The summed E-state index contributed by atoms with van der Waals surface area (Å²) in [6.45, 7) is 4.29. The van der Waals surface area contributed by atoms with E-state index in [0.717, 1.165) is 31.6 Å². The van der Waals surface area contributed by atoms with Gasteiger partial charge >= 0.3 is 0 Å². The molecule has 1 atom stereocenters. The fourth-order valence-electron chi connectivity index (χ4n) is 4.14. The zero-order valence-corrected chi connectivity index (χ0v) is 19.4. The minimum Gasteiger partial charge on any atom is -0.394 e. The maximum absolute atomic E-state index is 13.0. The second-order valence-electron chi connectivity index (χ2n) is 8.63. The molecule has 178 valence electrons. The van der Waals surface area contributed by atoms with Gasteiger partial charge in [0.1, 0.15) is 17.2 Å². The summed E-state index contributed by atoms with van der Waals surface area (Å²) in [6.07, 6.45) is 2.71. The largest absolute Gasteiger partial charge is 0.394 e. The maximum atomic E-state index is 13.0. The zero-order chi connectivity index (χ0) is 24.2. The predicted molar refractivity (Wildman–Crippen MR) is 129 cm³/mol. The van der Waals surface area contributed by atoms with Crippen molar-refractivity contribution in [3.05, 3.63) is 83.2 Å². The maximum Gasteiger partial charge on any atom is 0.275 e. The number of carbonyl (C=O) groups is 1. The molecule has 10 nitrogen and oxygen atoms in total. The normalized spacial score (nSPS) is 14.3. The summed E-state index contributed by atoms with van der Waals surface area (Å²) in [5, 5.41) is 23.9. The molecule has 10 heteroatoms. The molecule has 5 rings (SSSR count). The highest BCUT2D eigenvalue weighted by atomic mass is 16.3. The van der Waals surface area contributed by atoms with Crippen LogP contribution in [-0.2, 0) is 19.5 Å². The monoisotopic (exact) mass is 470 g/mol. The molecule has 0 saturated heterocycles. The molecule has 4 heterocycles. The average Bonchev–Trinajstić information content (AvgIpc) is 3.39. The van der Waals surface area contributed by atoms with Gasteiger partial charge in [0.2, 0.25) is 5.82 Å². The molecular formula is C25H26N8O2. The third-order valence-corrected chi connectivity index (χ3v) is 6.05. The summed E-state index contributed by atoms with van der Waals surface area (Å²) >= 11 is 0. The first kappa shape index (κ1) is 22.8. The Hall–Kier alpha value is -4.02. The number of aliphatic hydroxyl groups is 1. The summed E-state index contributed by atoms with van der Waals surface area (Å²) in [6, 6.07) is 17.2. The molecule has 35 heavy (non-hydrogen) atoms.